The fourth-order valence-corrected chi connectivity index (χ4v) is 5.61. The summed E-state index contributed by atoms with van der Waals surface area (Å²) in [5, 5.41) is 6.45. The monoisotopic (exact) mass is 433 g/mol. The lowest BCUT2D eigenvalue weighted by molar-refractivity contribution is -0.143. The van der Waals surface area contributed by atoms with Crippen LogP contribution in [0.15, 0.2) is 42.5 Å². The third-order valence-electron chi connectivity index (χ3n) is 7.20. The van der Waals surface area contributed by atoms with Crippen LogP contribution < -0.4 is 15.4 Å². The number of likely N-dealkylation sites (tertiary alicyclic amines) is 1. The van der Waals surface area contributed by atoms with Crippen molar-refractivity contribution in [3.05, 3.63) is 59.2 Å². The van der Waals surface area contributed by atoms with E-state index in [2.05, 4.69) is 10.6 Å². The van der Waals surface area contributed by atoms with Gasteiger partial charge in [-0.3, -0.25) is 24.6 Å². The van der Waals surface area contributed by atoms with E-state index in [1.165, 1.54) is 4.90 Å². The van der Waals surface area contributed by atoms with Crippen LogP contribution in [0.5, 0.6) is 5.75 Å². The Balaban J connectivity index is 1.58. The number of carbonyl (C=O) groups excluding carboxylic acids is 3. The van der Waals surface area contributed by atoms with Crippen molar-refractivity contribution in [3.8, 4) is 5.75 Å². The molecule has 2 fully saturated rings. The molecule has 7 heteroatoms. The van der Waals surface area contributed by atoms with Gasteiger partial charge in [-0.15, -0.1) is 0 Å². The van der Waals surface area contributed by atoms with Crippen LogP contribution in [0.2, 0.25) is 0 Å². The van der Waals surface area contributed by atoms with E-state index in [9.17, 15) is 14.4 Å². The number of amides is 3. The number of anilines is 1. The Morgan fingerprint density at radius 3 is 2.44 bits per heavy atom. The minimum Gasteiger partial charge on any atom is -0.497 e. The lowest BCUT2D eigenvalue weighted by atomic mass is 9.75. The van der Waals surface area contributed by atoms with Gasteiger partial charge in [-0.25, -0.2) is 0 Å². The van der Waals surface area contributed by atoms with Gasteiger partial charge in [0.15, 0.2) is 0 Å². The van der Waals surface area contributed by atoms with Crippen LogP contribution in [-0.4, -0.2) is 35.8 Å². The van der Waals surface area contributed by atoms with Crippen LogP contribution in [0.3, 0.4) is 0 Å². The third-order valence-corrected chi connectivity index (χ3v) is 7.20. The van der Waals surface area contributed by atoms with Gasteiger partial charge in [0.05, 0.1) is 25.5 Å². The fraction of sp³-hybridized carbons (Fsp3) is 0.400. The van der Waals surface area contributed by atoms with Gasteiger partial charge in [-0.1, -0.05) is 44.2 Å². The molecule has 0 aromatic heterocycles. The molecule has 3 aliphatic rings. The number of methoxy groups -OCH3 is 1. The normalized spacial score (nSPS) is 28.5. The molecule has 7 nitrogen and oxygen atoms in total. The highest BCUT2D eigenvalue weighted by atomic mass is 16.5. The van der Waals surface area contributed by atoms with Crippen molar-refractivity contribution in [2.24, 2.45) is 17.8 Å². The number of nitrogens with one attached hydrogen (secondary N) is 2. The molecule has 2 N–H and O–H groups in total. The average molecular weight is 434 g/mol. The third kappa shape index (κ3) is 2.67. The highest BCUT2D eigenvalue weighted by molar-refractivity contribution is 6.15. The molecule has 1 spiro atoms. The highest BCUT2D eigenvalue weighted by Gasteiger charge is 2.70. The van der Waals surface area contributed by atoms with E-state index < -0.39 is 17.4 Å². The Kier molecular flexibility index (Phi) is 4.64. The molecule has 0 radical (unpaired) electrons. The summed E-state index contributed by atoms with van der Waals surface area (Å²) in [5.41, 5.74) is 2.03. The van der Waals surface area contributed by atoms with Crippen LogP contribution in [0.25, 0.3) is 0 Å². The molecule has 0 saturated carbocycles. The zero-order chi connectivity index (χ0) is 22.8. The molecule has 5 rings (SSSR count). The van der Waals surface area contributed by atoms with E-state index in [0.29, 0.717) is 5.75 Å². The summed E-state index contributed by atoms with van der Waals surface area (Å²) in [6, 6.07) is 12.7. The predicted molar refractivity (Wildman–Crippen MR) is 119 cm³/mol. The number of nitrogens with zero attached hydrogens (tertiary/aromatic N) is 1. The molecule has 0 bridgehead atoms. The fourth-order valence-electron chi connectivity index (χ4n) is 5.61. The van der Waals surface area contributed by atoms with Crippen LogP contribution in [0.1, 0.15) is 30.5 Å². The molecule has 2 saturated heterocycles. The molecule has 166 valence electrons. The quantitative estimate of drug-likeness (QED) is 0.724. The van der Waals surface area contributed by atoms with Crippen molar-refractivity contribution in [1.29, 1.82) is 0 Å². The Hall–Kier alpha value is -3.19. The zero-order valence-electron chi connectivity index (χ0n) is 18.6. The summed E-state index contributed by atoms with van der Waals surface area (Å²) in [6.07, 6.45) is 0. The van der Waals surface area contributed by atoms with Crippen molar-refractivity contribution in [3.63, 3.8) is 0 Å². The summed E-state index contributed by atoms with van der Waals surface area (Å²) in [5.74, 6) is -1.35. The number of rotatable bonds is 4. The first-order valence-corrected chi connectivity index (χ1v) is 11.0. The van der Waals surface area contributed by atoms with Crippen LogP contribution in [0.4, 0.5) is 5.69 Å². The van der Waals surface area contributed by atoms with E-state index >= 15 is 0 Å². The zero-order valence-corrected chi connectivity index (χ0v) is 18.6. The van der Waals surface area contributed by atoms with Crippen molar-refractivity contribution >= 4 is 23.4 Å². The van der Waals surface area contributed by atoms with Gasteiger partial charge in [0.25, 0.3) is 0 Å². The molecule has 0 aliphatic carbocycles. The van der Waals surface area contributed by atoms with Crippen molar-refractivity contribution in [1.82, 2.24) is 10.2 Å². The second-order valence-electron chi connectivity index (χ2n) is 9.29. The Morgan fingerprint density at radius 1 is 1.06 bits per heavy atom. The number of carbonyl (C=O) groups is 3. The first-order chi connectivity index (χ1) is 15.3. The maximum atomic E-state index is 13.8. The van der Waals surface area contributed by atoms with Gasteiger partial charge < -0.3 is 10.1 Å². The second-order valence-corrected chi connectivity index (χ2v) is 9.29. The molecule has 32 heavy (non-hydrogen) atoms. The molecule has 3 aliphatic heterocycles. The summed E-state index contributed by atoms with van der Waals surface area (Å²) < 4.78 is 5.20. The molecular weight excluding hydrogens is 406 g/mol. The molecule has 3 amide bonds. The molecule has 2 aromatic rings. The molecular formula is C25H27N3O4. The van der Waals surface area contributed by atoms with Gasteiger partial charge in [0.1, 0.15) is 11.3 Å². The topological polar surface area (TPSA) is 87.7 Å². The van der Waals surface area contributed by atoms with Crippen molar-refractivity contribution in [2.45, 2.75) is 38.9 Å². The number of hydrogen-bond acceptors (Lipinski definition) is 5. The summed E-state index contributed by atoms with van der Waals surface area (Å²) in [7, 11) is 1.59. The minimum atomic E-state index is -1.23. The largest absolute Gasteiger partial charge is 0.497 e. The first kappa shape index (κ1) is 20.7. The maximum absolute atomic E-state index is 13.8. The lowest BCUT2D eigenvalue weighted by Crippen LogP contribution is -2.53. The van der Waals surface area contributed by atoms with E-state index in [1.54, 1.807) is 7.11 Å². The number of imide groups is 1. The molecule has 0 unspecified atom stereocenters. The van der Waals surface area contributed by atoms with Crippen LogP contribution in [-0.2, 0) is 26.5 Å². The Labute approximate surface area is 187 Å². The van der Waals surface area contributed by atoms with E-state index in [-0.39, 0.29) is 36.2 Å². The number of ether oxygens (including phenoxy) is 1. The highest BCUT2D eigenvalue weighted by Crippen LogP contribution is 2.54. The van der Waals surface area contributed by atoms with Gasteiger partial charge >= 0.3 is 0 Å². The van der Waals surface area contributed by atoms with E-state index in [0.717, 1.165) is 22.4 Å². The number of aryl methyl sites for hydroxylation is 1. The van der Waals surface area contributed by atoms with Crippen LogP contribution >= 0.6 is 0 Å². The minimum absolute atomic E-state index is 0.0706. The van der Waals surface area contributed by atoms with Crippen molar-refractivity contribution in [2.75, 3.05) is 12.4 Å². The molecule has 4 atom stereocenters. The maximum Gasteiger partial charge on any atom is 0.250 e. The van der Waals surface area contributed by atoms with Gasteiger partial charge in [-0.2, -0.15) is 0 Å². The summed E-state index contributed by atoms with van der Waals surface area (Å²) in [4.78, 5) is 42.1. The Morgan fingerprint density at radius 2 is 1.78 bits per heavy atom. The van der Waals surface area contributed by atoms with E-state index in [1.807, 2.05) is 63.2 Å². The standard InChI is InChI=1S/C25H27N3O4/c1-13(2)20-18-19(25(27-20)17-7-5-6-14(3)21(17)26-24(25)31)23(30)28(22(18)29)12-15-8-10-16(32-4)11-9-15/h5-11,13,18-20,27H,12H2,1-4H3,(H,26,31)/t18-,19+,20-,25+/m0/s1. The lowest BCUT2D eigenvalue weighted by Gasteiger charge is -2.30. The Bertz CT molecular complexity index is 1130. The number of fused-ring (bicyclic) bond motifs is 4. The molecule has 2 aromatic carbocycles. The van der Waals surface area contributed by atoms with Crippen LogP contribution in [0, 0.1) is 24.7 Å². The smallest absolute Gasteiger partial charge is 0.250 e. The summed E-state index contributed by atoms with van der Waals surface area (Å²) in [6.45, 7) is 6.14. The first-order valence-electron chi connectivity index (χ1n) is 11.0. The SMILES string of the molecule is COc1ccc(CN2C(=O)[C@@H]3[C@H](C(C)C)N[C@@]4(C(=O)Nc5c(C)cccc54)[C@H]3C2=O)cc1. The number of benzene rings is 2. The predicted octanol–water partition coefficient (Wildman–Crippen LogP) is 2.58. The second kappa shape index (κ2) is 7.17. The van der Waals surface area contributed by atoms with Gasteiger partial charge in [0.2, 0.25) is 17.7 Å². The van der Waals surface area contributed by atoms with Gasteiger partial charge in [-0.05, 0) is 36.1 Å². The van der Waals surface area contributed by atoms with E-state index in [4.69, 9.17) is 4.74 Å². The molecule has 3 heterocycles. The average Bonchev–Trinajstić information content (AvgIpc) is 3.36. The number of hydrogen-bond donors (Lipinski definition) is 2. The van der Waals surface area contributed by atoms with Crippen molar-refractivity contribution < 1.29 is 19.1 Å². The number of para-hydroxylation sites is 1. The van der Waals surface area contributed by atoms with Gasteiger partial charge in [0, 0.05) is 17.3 Å². The summed E-state index contributed by atoms with van der Waals surface area (Å²) >= 11 is 0.